The van der Waals surface area contributed by atoms with Gasteiger partial charge in [-0.05, 0) is 31.0 Å². The number of fused-ring (bicyclic) bond motifs is 1. The van der Waals surface area contributed by atoms with Gasteiger partial charge in [-0.3, -0.25) is 19.0 Å². The molecule has 1 aromatic heterocycles. The maximum Gasteiger partial charge on any atom is 0.326 e. The van der Waals surface area contributed by atoms with Gasteiger partial charge in [-0.15, -0.1) is 0 Å². The first-order valence-corrected chi connectivity index (χ1v) is 9.91. The molecule has 0 saturated carbocycles. The van der Waals surface area contributed by atoms with E-state index in [1.54, 1.807) is 29.2 Å². The highest BCUT2D eigenvalue weighted by Gasteiger charge is 2.16. The number of hydrogen-bond acceptors (Lipinski definition) is 5. The zero-order chi connectivity index (χ0) is 21.5. The predicted molar refractivity (Wildman–Crippen MR) is 114 cm³/mol. The molecular formula is C23H25N3O4. The summed E-state index contributed by atoms with van der Waals surface area (Å²) >= 11 is 0. The van der Waals surface area contributed by atoms with Gasteiger partial charge in [-0.25, -0.2) is 4.98 Å². The Morgan fingerprint density at radius 1 is 1.10 bits per heavy atom. The van der Waals surface area contributed by atoms with Gasteiger partial charge in [-0.2, -0.15) is 0 Å². The van der Waals surface area contributed by atoms with Crippen molar-refractivity contribution in [1.82, 2.24) is 14.5 Å². The van der Waals surface area contributed by atoms with E-state index in [4.69, 9.17) is 4.74 Å². The fraction of sp³-hybridized carbons (Fsp3) is 0.304. The van der Waals surface area contributed by atoms with Crippen LogP contribution in [0.3, 0.4) is 0 Å². The van der Waals surface area contributed by atoms with E-state index in [-0.39, 0.29) is 24.6 Å². The molecule has 0 saturated heterocycles. The Balaban J connectivity index is 1.59. The molecule has 0 bridgehead atoms. The average molecular weight is 407 g/mol. The molecule has 0 fully saturated rings. The van der Waals surface area contributed by atoms with E-state index in [1.807, 2.05) is 38.1 Å². The molecule has 0 radical (unpaired) electrons. The molecule has 7 nitrogen and oxygen atoms in total. The van der Waals surface area contributed by atoms with E-state index < -0.39 is 5.97 Å². The lowest BCUT2D eigenvalue weighted by atomic mass is 10.1. The highest BCUT2D eigenvalue weighted by Crippen LogP contribution is 2.08. The second-order valence-electron chi connectivity index (χ2n) is 7.16. The summed E-state index contributed by atoms with van der Waals surface area (Å²) in [6, 6.07) is 14.9. The maximum absolute atomic E-state index is 12.6. The molecule has 0 atom stereocenters. The maximum atomic E-state index is 12.6. The van der Waals surface area contributed by atoms with Crippen molar-refractivity contribution in [2.45, 2.75) is 33.4 Å². The van der Waals surface area contributed by atoms with Gasteiger partial charge in [0.25, 0.3) is 11.5 Å². The predicted octanol–water partition coefficient (Wildman–Crippen LogP) is 2.69. The van der Waals surface area contributed by atoms with Crippen LogP contribution in [0.5, 0.6) is 0 Å². The monoisotopic (exact) mass is 407 g/mol. The van der Waals surface area contributed by atoms with E-state index >= 15 is 0 Å². The SMILES string of the molecule is CCCN(Cc1ccc(C)cc1)C(=O)COC(=O)Cn1cnc2ccccc2c1=O. The number of aromatic nitrogens is 2. The number of aryl methyl sites for hydroxylation is 1. The van der Waals surface area contributed by atoms with E-state index in [0.717, 1.165) is 17.5 Å². The van der Waals surface area contributed by atoms with Crippen molar-refractivity contribution < 1.29 is 14.3 Å². The minimum absolute atomic E-state index is 0.269. The summed E-state index contributed by atoms with van der Waals surface area (Å²) in [7, 11) is 0. The van der Waals surface area contributed by atoms with E-state index in [0.29, 0.717) is 24.0 Å². The van der Waals surface area contributed by atoms with Crippen LogP contribution in [0.1, 0.15) is 24.5 Å². The molecular weight excluding hydrogens is 382 g/mol. The fourth-order valence-electron chi connectivity index (χ4n) is 3.11. The molecule has 0 aliphatic rings. The Bertz CT molecular complexity index is 1090. The van der Waals surface area contributed by atoms with Crippen molar-refractivity contribution in [1.29, 1.82) is 0 Å². The normalized spacial score (nSPS) is 10.7. The van der Waals surface area contributed by atoms with E-state index in [2.05, 4.69) is 4.98 Å². The number of rotatable bonds is 8. The van der Waals surface area contributed by atoms with Crippen LogP contribution in [0.2, 0.25) is 0 Å². The van der Waals surface area contributed by atoms with Crippen LogP contribution in [-0.4, -0.2) is 39.5 Å². The van der Waals surface area contributed by atoms with Crippen LogP contribution < -0.4 is 5.56 Å². The smallest absolute Gasteiger partial charge is 0.326 e. The number of carbonyl (C=O) groups excluding carboxylic acids is 2. The van der Waals surface area contributed by atoms with Crippen molar-refractivity contribution in [2.24, 2.45) is 0 Å². The summed E-state index contributed by atoms with van der Waals surface area (Å²) < 4.78 is 6.33. The van der Waals surface area contributed by atoms with Crippen LogP contribution in [0.15, 0.2) is 59.7 Å². The number of nitrogens with zero attached hydrogens (tertiary/aromatic N) is 3. The molecule has 2 aromatic carbocycles. The zero-order valence-corrected chi connectivity index (χ0v) is 17.2. The number of benzene rings is 2. The van der Waals surface area contributed by atoms with Crippen molar-refractivity contribution in [3.8, 4) is 0 Å². The Kier molecular flexibility index (Phi) is 6.95. The molecule has 0 aliphatic carbocycles. The standard InChI is InChI=1S/C23H25N3O4/c1-3-12-25(13-18-10-8-17(2)9-11-18)21(27)15-30-22(28)14-26-16-24-20-7-5-4-6-19(20)23(26)29/h4-11,16H,3,12-15H2,1-2H3. The number of esters is 1. The van der Waals surface area contributed by atoms with Crippen molar-refractivity contribution in [2.75, 3.05) is 13.2 Å². The highest BCUT2D eigenvalue weighted by atomic mass is 16.5. The third-order valence-corrected chi connectivity index (χ3v) is 4.73. The molecule has 7 heteroatoms. The summed E-state index contributed by atoms with van der Waals surface area (Å²) in [5.74, 6) is -0.927. The van der Waals surface area contributed by atoms with Crippen LogP contribution >= 0.6 is 0 Å². The third kappa shape index (κ3) is 5.31. The average Bonchev–Trinajstić information content (AvgIpc) is 2.75. The number of ether oxygens (including phenoxy) is 1. The first-order chi connectivity index (χ1) is 14.5. The van der Waals surface area contributed by atoms with Crippen LogP contribution in [0, 0.1) is 6.92 Å². The molecule has 30 heavy (non-hydrogen) atoms. The quantitative estimate of drug-likeness (QED) is 0.536. The van der Waals surface area contributed by atoms with Crippen LogP contribution in [0.4, 0.5) is 0 Å². The Hall–Kier alpha value is -3.48. The van der Waals surface area contributed by atoms with Crippen molar-refractivity contribution in [3.63, 3.8) is 0 Å². The summed E-state index contributed by atoms with van der Waals surface area (Å²) in [4.78, 5) is 43.1. The van der Waals surface area contributed by atoms with Gasteiger partial charge in [0.1, 0.15) is 6.54 Å². The second kappa shape index (κ2) is 9.82. The molecule has 3 aromatic rings. The number of amides is 1. The van der Waals surface area contributed by atoms with Crippen molar-refractivity contribution in [3.05, 3.63) is 76.3 Å². The van der Waals surface area contributed by atoms with Crippen molar-refractivity contribution >= 4 is 22.8 Å². The Morgan fingerprint density at radius 3 is 2.57 bits per heavy atom. The Morgan fingerprint density at radius 2 is 1.83 bits per heavy atom. The molecule has 0 unspecified atom stereocenters. The van der Waals surface area contributed by atoms with E-state index in [9.17, 15) is 14.4 Å². The zero-order valence-electron chi connectivity index (χ0n) is 17.2. The van der Waals surface area contributed by atoms with Gasteiger partial charge >= 0.3 is 5.97 Å². The lowest BCUT2D eigenvalue weighted by Gasteiger charge is -2.22. The number of para-hydroxylation sites is 1. The summed E-state index contributed by atoms with van der Waals surface area (Å²) in [5.41, 5.74) is 2.41. The largest absolute Gasteiger partial charge is 0.454 e. The topological polar surface area (TPSA) is 81.5 Å². The first-order valence-electron chi connectivity index (χ1n) is 9.91. The van der Waals surface area contributed by atoms with Gasteiger partial charge in [0.05, 0.1) is 17.2 Å². The second-order valence-corrected chi connectivity index (χ2v) is 7.16. The molecule has 0 aliphatic heterocycles. The van der Waals surface area contributed by atoms with Crippen LogP contribution in [0.25, 0.3) is 10.9 Å². The van der Waals surface area contributed by atoms with Gasteiger partial charge in [0.15, 0.2) is 6.61 Å². The molecule has 1 heterocycles. The number of carbonyl (C=O) groups is 2. The highest BCUT2D eigenvalue weighted by molar-refractivity contribution is 5.81. The lowest BCUT2D eigenvalue weighted by Crippen LogP contribution is -2.35. The van der Waals surface area contributed by atoms with E-state index in [1.165, 1.54) is 10.9 Å². The van der Waals surface area contributed by atoms with Crippen LogP contribution in [-0.2, 0) is 27.4 Å². The minimum Gasteiger partial charge on any atom is -0.454 e. The number of hydrogen-bond donors (Lipinski definition) is 0. The fourth-order valence-corrected chi connectivity index (χ4v) is 3.11. The third-order valence-electron chi connectivity index (χ3n) is 4.73. The minimum atomic E-state index is -0.658. The molecule has 3 rings (SSSR count). The molecule has 1 amide bonds. The molecule has 0 spiro atoms. The molecule has 156 valence electrons. The van der Waals surface area contributed by atoms with Gasteiger partial charge in [0.2, 0.25) is 0 Å². The first kappa shape index (κ1) is 21.2. The van der Waals surface area contributed by atoms with Gasteiger partial charge < -0.3 is 9.64 Å². The molecule has 0 N–H and O–H groups in total. The lowest BCUT2D eigenvalue weighted by molar-refractivity contribution is -0.152. The Labute approximate surface area is 174 Å². The van der Waals surface area contributed by atoms with Gasteiger partial charge in [-0.1, -0.05) is 48.9 Å². The summed E-state index contributed by atoms with van der Waals surface area (Å²) in [6.07, 6.45) is 2.11. The summed E-state index contributed by atoms with van der Waals surface area (Å²) in [6.45, 7) is 4.36. The van der Waals surface area contributed by atoms with Gasteiger partial charge in [0, 0.05) is 13.1 Å². The summed E-state index contributed by atoms with van der Waals surface area (Å²) in [5, 5.41) is 0.427.